The monoisotopic (exact) mass is 366 g/mol. The first-order valence-corrected chi connectivity index (χ1v) is 9.29. The van der Waals surface area contributed by atoms with Crippen LogP contribution in [0.5, 0.6) is 0 Å². The Morgan fingerprint density at radius 3 is 2.73 bits per heavy atom. The number of hydrogen-bond donors (Lipinski definition) is 2. The van der Waals surface area contributed by atoms with E-state index in [0.29, 0.717) is 19.0 Å². The van der Waals surface area contributed by atoms with Crippen molar-refractivity contribution in [2.24, 2.45) is 0 Å². The zero-order valence-electron chi connectivity index (χ0n) is 14.3. The first kappa shape index (κ1) is 16.4. The van der Waals surface area contributed by atoms with Crippen LogP contribution in [0.4, 0.5) is 11.8 Å². The van der Waals surface area contributed by atoms with E-state index in [1.54, 1.807) is 16.0 Å². The molecule has 132 valence electrons. The summed E-state index contributed by atoms with van der Waals surface area (Å²) in [5, 5.41) is 21.6. The minimum atomic E-state index is 0.607. The van der Waals surface area contributed by atoms with Crippen molar-refractivity contribution < 1.29 is 0 Å². The fraction of sp³-hybridized carbons (Fsp3) is 0.235. The van der Waals surface area contributed by atoms with Crippen LogP contribution in [0.1, 0.15) is 12.7 Å². The molecule has 0 saturated carbocycles. The summed E-state index contributed by atoms with van der Waals surface area (Å²) in [5.41, 5.74) is 0.913. The van der Waals surface area contributed by atoms with Gasteiger partial charge in [-0.05, 0) is 34.0 Å². The van der Waals surface area contributed by atoms with Gasteiger partial charge in [0.15, 0.2) is 0 Å². The van der Waals surface area contributed by atoms with Gasteiger partial charge in [-0.15, -0.1) is 11.3 Å². The van der Waals surface area contributed by atoms with E-state index in [9.17, 15) is 0 Å². The van der Waals surface area contributed by atoms with Gasteiger partial charge in [-0.2, -0.15) is 4.68 Å². The summed E-state index contributed by atoms with van der Waals surface area (Å²) in [7, 11) is 0. The molecule has 2 N–H and O–H groups in total. The third-order valence-electron chi connectivity index (χ3n) is 3.86. The molecule has 8 nitrogen and oxygen atoms in total. The Balaban J connectivity index is 1.41. The largest absolute Gasteiger partial charge is 0.368 e. The summed E-state index contributed by atoms with van der Waals surface area (Å²) < 4.78 is 1.68. The molecule has 0 aliphatic heterocycles. The minimum absolute atomic E-state index is 0.607. The van der Waals surface area contributed by atoms with Gasteiger partial charge in [0.2, 0.25) is 5.95 Å². The Kier molecular flexibility index (Phi) is 4.69. The maximum Gasteiger partial charge on any atom is 0.247 e. The number of aryl methyl sites for hydroxylation is 1. The second-order valence-corrected chi connectivity index (χ2v) is 6.48. The molecule has 0 bridgehead atoms. The van der Waals surface area contributed by atoms with Crippen LogP contribution >= 0.6 is 11.3 Å². The topological polar surface area (TPSA) is 93.4 Å². The number of benzene rings is 1. The average molecular weight is 366 g/mol. The summed E-state index contributed by atoms with van der Waals surface area (Å²) in [6.45, 7) is 3.40. The molecule has 3 aromatic heterocycles. The number of nitrogens with one attached hydrogen (secondary N) is 2. The highest BCUT2D eigenvalue weighted by Crippen LogP contribution is 2.25. The van der Waals surface area contributed by atoms with Crippen molar-refractivity contribution >= 4 is 33.3 Å². The Bertz CT molecular complexity index is 994. The molecule has 0 aliphatic carbocycles. The standard InChI is InChI=1S/C17H18N8S/c1-2-14-20-15(13-8-11-26-16(13)21-14)18-9-10-19-17-22-23-24-25(17)12-6-4-3-5-7-12/h3-8,11H,2,9-10H2,1H3,(H,18,20,21)(H,19,22,24). The molecule has 0 aliphatic rings. The zero-order valence-corrected chi connectivity index (χ0v) is 15.1. The molecule has 0 radical (unpaired) electrons. The smallest absolute Gasteiger partial charge is 0.247 e. The lowest BCUT2D eigenvalue weighted by Crippen LogP contribution is -2.17. The predicted octanol–water partition coefficient (Wildman–Crippen LogP) is 2.75. The van der Waals surface area contributed by atoms with Crippen molar-refractivity contribution in [2.75, 3.05) is 23.7 Å². The molecule has 26 heavy (non-hydrogen) atoms. The summed E-state index contributed by atoms with van der Waals surface area (Å²) in [4.78, 5) is 10.2. The van der Waals surface area contributed by atoms with Crippen LogP contribution in [-0.2, 0) is 6.42 Å². The van der Waals surface area contributed by atoms with Gasteiger partial charge in [0.25, 0.3) is 0 Å². The van der Waals surface area contributed by atoms with Crippen molar-refractivity contribution in [1.29, 1.82) is 0 Å². The molecule has 4 rings (SSSR count). The third kappa shape index (κ3) is 3.33. The Hall–Kier alpha value is -3.07. The van der Waals surface area contributed by atoms with Gasteiger partial charge in [0.05, 0.1) is 11.1 Å². The number of aromatic nitrogens is 6. The van der Waals surface area contributed by atoms with Gasteiger partial charge in [-0.1, -0.05) is 30.2 Å². The van der Waals surface area contributed by atoms with Gasteiger partial charge in [-0.25, -0.2) is 9.97 Å². The molecule has 0 amide bonds. The van der Waals surface area contributed by atoms with E-state index < -0.39 is 0 Å². The molecule has 0 fully saturated rings. The van der Waals surface area contributed by atoms with Crippen LogP contribution < -0.4 is 10.6 Å². The maximum atomic E-state index is 4.60. The number of para-hydroxylation sites is 1. The number of nitrogens with zero attached hydrogens (tertiary/aromatic N) is 6. The van der Waals surface area contributed by atoms with Crippen LogP contribution in [0, 0.1) is 0 Å². The van der Waals surface area contributed by atoms with Crippen LogP contribution in [-0.4, -0.2) is 43.3 Å². The van der Waals surface area contributed by atoms with Crippen molar-refractivity contribution in [1.82, 2.24) is 30.2 Å². The van der Waals surface area contributed by atoms with Crippen LogP contribution in [0.2, 0.25) is 0 Å². The molecule has 0 saturated heterocycles. The zero-order chi connectivity index (χ0) is 17.8. The van der Waals surface area contributed by atoms with Crippen LogP contribution in [0.25, 0.3) is 15.9 Å². The lowest BCUT2D eigenvalue weighted by atomic mass is 10.3. The number of fused-ring (bicyclic) bond motifs is 1. The Morgan fingerprint density at radius 1 is 1.04 bits per heavy atom. The number of hydrogen-bond acceptors (Lipinski definition) is 8. The van der Waals surface area contributed by atoms with Crippen molar-refractivity contribution in [2.45, 2.75) is 13.3 Å². The quantitative estimate of drug-likeness (QED) is 0.486. The first-order valence-electron chi connectivity index (χ1n) is 8.41. The number of thiophene rings is 1. The van der Waals surface area contributed by atoms with E-state index in [1.165, 1.54) is 0 Å². The highest BCUT2D eigenvalue weighted by molar-refractivity contribution is 7.16. The molecular formula is C17H18N8S. The average Bonchev–Trinajstić information content (AvgIpc) is 3.34. The van der Waals surface area contributed by atoms with Gasteiger partial charge >= 0.3 is 0 Å². The van der Waals surface area contributed by atoms with E-state index in [2.05, 4.69) is 43.1 Å². The van der Waals surface area contributed by atoms with Crippen molar-refractivity contribution in [3.63, 3.8) is 0 Å². The lowest BCUT2D eigenvalue weighted by molar-refractivity contribution is 0.789. The summed E-state index contributed by atoms with van der Waals surface area (Å²) in [6.07, 6.45) is 0.812. The SMILES string of the molecule is CCc1nc(NCCNc2nnnn2-c2ccccc2)c2ccsc2n1. The summed E-state index contributed by atoms with van der Waals surface area (Å²) in [5.74, 6) is 2.33. The van der Waals surface area contributed by atoms with Gasteiger partial charge in [0.1, 0.15) is 16.5 Å². The molecule has 0 unspecified atom stereocenters. The maximum absolute atomic E-state index is 4.60. The summed E-state index contributed by atoms with van der Waals surface area (Å²) in [6, 6.07) is 11.8. The van der Waals surface area contributed by atoms with E-state index >= 15 is 0 Å². The second-order valence-electron chi connectivity index (χ2n) is 5.58. The fourth-order valence-electron chi connectivity index (χ4n) is 2.59. The van der Waals surface area contributed by atoms with Crippen molar-refractivity contribution in [3.05, 3.63) is 47.6 Å². The van der Waals surface area contributed by atoms with E-state index in [4.69, 9.17) is 0 Å². The number of rotatable bonds is 7. The van der Waals surface area contributed by atoms with Gasteiger partial charge in [-0.3, -0.25) is 0 Å². The molecular weight excluding hydrogens is 348 g/mol. The minimum Gasteiger partial charge on any atom is -0.368 e. The molecule has 1 aromatic carbocycles. The van der Waals surface area contributed by atoms with E-state index in [0.717, 1.165) is 34.0 Å². The highest BCUT2D eigenvalue weighted by atomic mass is 32.1. The first-order chi connectivity index (χ1) is 12.8. The van der Waals surface area contributed by atoms with Crippen LogP contribution in [0.15, 0.2) is 41.8 Å². The molecule has 0 atom stereocenters. The third-order valence-corrected chi connectivity index (χ3v) is 4.67. The number of tetrazole rings is 1. The highest BCUT2D eigenvalue weighted by Gasteiger charge is 2.09. The van der Waals surface area contributed by atoms with Crippen LogP contribution in [0.3, 0.4) is 0 Å². The second kappa shape index (κ2) is 7.44. The molecule has 4 aromatic rings. The predicted molar refractivity (Wildman–Crippen MR) is 103 cm³/mol. The van der Waals surface area contributed by atoms with Gasteiger partial charge in [0, 0.05) is 19.5 Å². The van der Waals surface area contributed by atoms with Crippen molar-refractivity contribution in [3.8, 4) is 5.69 Å². The fourth-order valence-corrected chi connectivity index (χ4v) is 3.37. The lowest BCUT2D eigenvalue weighted by Gasteiger charge is -2.10. The van der Waals surface area contributed by atoms with E-state index in [-0.39, 0.29) is 0 Å². The Labute approximate surface area is 154 Å². The number of anilines is 2. The normalized spacial score (nSPS) is 11.0. The molecule has 3 heterocycles. The van der Waals surface area contributed by atoms with E-state index in [1.807, 2.05) is 41.8 Å². The molecule has 0 spiro atoms. The van der Waals surface area contributed by atoms with Gasteiger partial charge < -0.3 is 10.6 Å². The Morgan fingerprint density at radius 2 is 1.88 bits per heavy atom. The molecule has 9 heteroatoms. The summed E-state index contributed by atoms with van der Waals surface area (Å²) >= 11 is 1.63.